The molecule has 1 aliphatic heterocycles. The van der Waals surface area contributed by atoms with E-state index in [1.54, 1.807) is 25.4 Å². The summed E-state index contributed by atoms with van der Waals surface area (Å²) in [6, 6.07) is 14.9. The minimum absolute atomic E-state index is 0.522. The molecular weight excluding hydrogens is 286 g/mol. The molecule has 4 nitrogen and oxygen atoms in total. The minimum atomic E-state index is -0.522. The SMILES string of the molecule is CNC1C=Nc2ccc(Cl)cc2C(c2ccccc2)=[N+]1[O-]. The Morgan fingerprint density at radius 3 is 2.67 bits per heavy atom. The van der Waals surface area contributed by atoms with E-state index in [0.29, 0.717) is 10.7 Å². The lowest BCUT2D eigenvalue weighted by molar-refractivity contribution is -0.484. The second-order valence-corrected chi connectivity index (χ2v) is 5.15. The van der Waals surface area contributed by atoms with Crippen molar-refractivity contribution < 1.29 is 4.74 Å². The molecule has 21 heavy (non-hydrogen) atoms. The topological polar surface area (TPSA) is 50.5 Å². The third kappa shape index (κ3) is 2.55. The molecule has 1 aliphatic rings. The highest BCUT2D eigenvalue weighted by molar-refractivity contribution is 6.31. The summed E-state index contributed by atoms with van der Waals surface area (Å²) in [5.74, 6) is 0. The van der Waals surface area contributed by atoms with Crippen LogP contribution >= 0.6 is 11.6 Å². The lowest BCUT2D eigenvalue weighted by atomic mass is 10.0. The summed E-state index contributed by atoms with van der Waals surface area (Å²) < 4.78 is 0.932. The number of nitrogens with one attached hydrogen (secondary N) is 1. The highest BCUT2D eigenvalue weighted by Gasteiger charge is 2.26. The largest absolute Gasteiger partial charge is 0.622 e. The van der Waals surface area contributed by atoms with Crippen molar-refractivity contribution in [2.45, 2.75) is 6.17 Å². The predicted molar refractivity (Wildman–Crippen MR) is 85.7 cm³/mol. The summed E-state index contributed by atoms with van der Waals surface area (Å²) in [6.45, 7) is 0. The number of hydroxylamine groups is 1. The first-order valence-electron chi connectivity index (χ1n) is 6.61. The highest BCUT2D eigenvalue weighted by atomic mass is 35.5. The van der Waals surface area contributed by atoms with Gasteiger partial charge in [0, 0.05) is 10.6 Å². The minimum Gasteiger partial charge on any atom is -0.622 e. The molecule has 0 bridgehead atoms. The fraction of sp³-hybridized carbons (Fsp3) is 0.125. The van der Waals surface area contributed by atoms with Gasteiger partial charge in [-0.05, 0) is 37.4 Å². The van der Waals surface area contributed by atoms with Crippen molar-refractivity contribution in [2.24, 2.45) is 4.99 Å². The van der Waals surface area contributed by atoms with E-state index in [4.69, 9.17) is 11.6 Å². The van der Waals surface area contributed by atoms with Crippen LogP contribution in [0.4, 0.5) is 5.69 Å². The number of rotatable bonds is 2. The molecule has 1 atom stereocenters. The molecule has 0 aromatic heterocycles. The molecule has 2 aromatic carbocycles. The van der Waals surface area contributed by atoms with E-state index in [2.05, 4.69) is 10.3 Å². The number of hydrogen-bond donors (Lipinski definition) is 1. The first-order valence-corrected chi connectivity index (χ1v) is 6.98. The average Bonchev–Trinajstić information content (AvgIpc) is 2.64. The summed E-state index contributed by atoms with van der Waals surface area (Å²) in [6.07, 6.45) is 1.08. The smallest absolute Gasteiger partial charge is 0.253 e. The molecule has 1 unspecified atom stereocenters. The predicted octanol–water partition coefficient (Wildman–Crippen LogP) is 2.95. The first kappa shape index (κ1) is 13.8. The summed E-state index contributed by atoms with van der Waals surface area (Å²) in [5, 5.41) is 16.3. The normalized spacial score (nSPS) is 17.5. The maximum Gasteiger partial charge on any atom is 0.253 e. The fourth-order valence-corrected chi connectivity index (χ4v) is 2.52. The van der Waals surface area contributed by atoms with Crippen LogP contribution in [0.15, 0.2) is 53.5 Å². The number of benzene rings is 2. The quantitative estimate of drug-likeness (QED) is 0.685. The van der Waals surface area contributed by atoms with Gasteiger partial charge in [-0.2, -0.15) is 4.74 Å². The Balaban J connectivity index is 2.30. The van der Waals surface area contributed by atoms with Gasteiger partial charge in [0.15, 0.2) is 0 Å². The summed E-state index contributed by atoms with van der Waals surface area (Å²) >= 11 is 6.10. The van der Waals surface area contributed by atoms with Crippen molar-refractivity contribution >= 4 is 29.2 Å². The molecule has 1 heterocycles. The van der Waals surface area contributed by atoms with Gasteiger partial charge in [-0.3, -0.25) is 10.3 Å². The molecule has 0 saturated carbocycles. The first-order chi connectivity index (χ1) is 10.2. The maximum atomic E-state index is 12.7. The third-order valence-corrected chi connectivity index (χ3v) is 3.62. The van der Waals surface area contributed by atoms with Crippen LogP contribution in [0.25, 0.3) is 0 Å². The lowest BCUT2D eigenvalue weighted by Gasteiger charge is -2.15. The van der Waals surface area contributed by atoms with Crippen molar-refractivity contribution in [3.8, 4) is 0 Å². The van der Waals surface area contributed by atoms with Crippen LogP contribution in [-0.2, 0) is 0 Å². The van der Waals surface area contributed by atoms with Gasteiger partial charge < -0.3 is 5.21 Å². The Morgan fingerprint density at radius 1 is 1.19 bits per heavy atom. The number of halogens is 1. The van der Waals surface area contributed by atoms with E-state index < -0.39 is 6.17 Å². The standard InChI is InChI=1S/C16H14ClN3O/c1-18-15-10-19-14-8-7-12(17)9-13(14)16(20(15)21)11-5-3-2-4-6-11/h2-10,15,18H,1H3. The van der Waals surface area contributed by atoms with Crippen molar-refractivity contribution in [2.75, 3.05) is 7.05 Å². The molecule has 0 spiro atoms. The molecule has 0 radical (unpaired) electrons. The Hall–Kier alpha value is -2.17. The number of aliphatic imine (C=N–C) groups is 1. The van der Waals surface area contributed by atoms with Gasteiger partial charge in [0.1, 0.15) is 0 Å². The Bertz CT molecular complexity index is 726. The monoisotopic (exact) mass is 299 g/mol. The van der Waals surface area contributed by atoms with Gasteiger partial charge in [0.05, 0.1) is 17.5 Å². The van der Waals surface area contributed by atoms with E-state index in [0.717, 1.165) is 21.6 Å². The van der Waals surface area contributed by atoms with Crippen LogP contribution in [0.1, 0.15) is 11.1 Å². The highest BCUT2D eigenvalue weighted by Crippen LogP contribution is 2.27. The summed E-state index contributed by atoms with van der Waals surface area (Å²) in [7, 11) is 1.73. The van der Waals surface area contributed by atoms with Crippen LogP contribution < -0.4 is 5.32 Å². The van der Waals surface area contributed by atoms with Crippen molar-refractivity contribution in [1.82, 2.24) is 5.32 Å². The van der Waals surface area contributed by atoms with E-state index in [-0.39, 0.29) is 0 Å². The second kappa shape index (κ2) is 5.68. The van der Waals surface area contributed by atoms with Gasteiger partial charge in [-0.25, -0.2) is 0 Å². The molecule has 3 rings (SSSR count). The van der Waals surface area contributed by atoms with E-state index in [1.807, 2.05) is 36.4 Å². The molecule has 106 valence electrons. The molecule has 5 heteroatoms. The molecular formula is C16H14ClN3O. The average molecular weight is 300 g/mol. The van der Waals surface area contributed by atoms with Crippen LogP contribution in [-0.4, -0.2) is 29.9 Å². The summed E-state index contributed by atoms with van der Waals surface area (Å²) in [5.41, 5.74) is 2.86. The molecule has 0 saturated heterocycles. The molecule has 1 N–H and O–H groups in total. The van der Waals surface area contributed by atoms with Crippen LogP contribution in [0.3, 0.4) is 0 Å². The van der Waals surface area contributed by atoms with E-state index >= 15 is 0 Å². The van der Waals surface area contributed by atoms with Crippen LogP contribution in [0.5, 0.6) is 0 Å². The zero-order chi connectivity index (χ0) is 14.8. The van der Waals surface area contributed by atoms with Crippen molar-refractivity contribution in [3.63, 3.8) is 0 Å². The zero-order valence-corrected chi connectivity index (χ0v) is 12.2. The van der Waals surface area contributed by atoms with Gasteiger partial charge in [-0.1, -0.05) is 29.8 Å². The summed E-state index contributed by atoms with van der Waals surface area (Å²) in [4.78, 5) is 4.40. The van der Waals surface area contributed by atoms with Crippen LogP contribution in [0, 0.1) is 5.21 Å². The molecule has 0 fully saturated rings. The van der Waals surface area contributed by atoms with Crippen molar-refractivity contribution in [3.05, 3.63) is 69.9 Å². The molecule has 0 amide bonds. The Morgan fingerprint density at radius 2 is 1.95 bits per heavy atom. The van der Waals surface area contributed by atoms with Gasteiger partial charge >= 0.3 is 0 Å². The number of nitrogens with zero attached hydrogens (tertiary/aromatic N) is 2. The number of hydrogen-bond acceptors (Lipinski definition) is 3. The van der Waals surface area contributed by atoms with E-state index in [9.17, 15) is 5.21 Å². The third-order valence-electron chi connectivity index (χ3n) is 3.38. The molecule has 2 aromatic rings. The zero-order valence-electron chi connectivity index (χ0n) is 11.5. The van der Waals surface area contributed by atoms with Gasteiger partial charge in [0.2, 0.25) is 5.71 Å². The van der Waals surface area contributed by atoms with Gasteiger partial charge in [0.25, 0.3) is 6.17 Å². The van der Waals surface area contributed by atoms with Crippen LogP contribution in [0.2, 0.25) is 5.02 Å². The number of fused-ring (bicyclic) bond motifs is 1. The second-order valence-electron chi connectivity index (χ2n) is 4.71. The van der Waals surface area contributed by atoms with Crippen molar-refractivity contribution in [1.29, 1.82) is 0 Å². The van der Waals surface area contributed by atoms with E-state index in [1.165, 1.54) is 0 Å². The Kier molecular flexibility index (Phi) is 3.73. The fourth-order valence-electron chi connectivity index (χ4n) is 2.35. The Labute approximate surface area is 128 Å². The molecule has 0 aliphatic carbocycles. The lowest BCUT2D eigenvalue weighted by Crippen LogP contribution is -2.39. The maximum absolute atomic E-state index is 12.7. The van der Waals surface area contributed by atoms with Gasteiger partial charge in [-0.15, -0.1) is 0 Å².